The summed E-state index contributed by atoms with van der Waals surface area (Å²) in [7, 11) is 1.21. The third-order valence-corrected chi connectivity index (χ3v) is 8.40. The second-order valence-electron chi connectivity index (χ2n) is 13.2. The van der Waals surface area contributed by atoms with Crippen LogP contribution in [0, 0.1) is 0 Å². The van der Waals surface area contributed by atoms with E-state index in [1.807, 2.05) is 27.2 Å². The quantitative estimate of drug-likeness (QED) is 0.0329. The van der Waals surface area contributed by atoms with Crippen molar-refractivity contribution in [1.29, 1.82) is 0 Å². The summed E-state index contributed by atoms with van der Waals surface area (Å²) in [5.74, 6) is -0.233. The molecule has 8 nitrogen and oxygen atoms in total. The molecule has 0 spiro atoms. The highest BCUT2D eigenvalue weighted by molar-refractivity contribution is 7.45. The second-order valence-corrected chi connectivity index (χ2v) is 14.6. The van der Waals surface area contributed by atoms with Gasteiger partial charge in [-0.15, -0.1) is 0 Å². The van der Waals surface area contributed by atoms with E-state index in [-0.39, 0.29) is 12.5 Å². The molecule has 3 atom stereocenters. The van der Waals surface area contributed by atoms with Crippen molar-refractivity contribution in [2.45, 2.75) is 135 Å². The molecule has 0 fully saturated rings. The largest absolute Gasteiger partial charge is 0.756 e. The zero-order valence-electron chi connectivity index (χ0n) is 30.5. The van der Waals surface area contributed by atoms with Crippen molar-refractivity contribution in [3.8, 4) is 0 Å². The van der Waals surface area contributed by atoms with Crippen LogP contribution < -0.4 is 10.2 Å². The Morgan fingerprint density at radius 2 is 1.32 bits per heavy atom. The van der Waals surface area contributed by atoms with Crippen molar-refractivity contribution in [1.82, 2.24) is 5.32 Å². The predicted molar refractivity (Wildman–Crippen MR) is 196 cm³/mol. The van der Waals surface area contributed by atoms with Crippen LogP contribution in [0.25, 0.3) is 0 Å². The maximum absolute atomic E-state index is 12.7. The zero-order valence-corrected chi connectivity index (χ0v) is 31.3. The van der Waals surface area contributed by atoms with E-state index in [1.54, 1.807) is 6.08 Å². The SMILES string of the molecule is CC/C=C/CC/C=C/CC/C=C/C(O)C(COP(=O)([O-])OCC[N+](C)(C)C)NC(=O)CCCCCCC/C=C\C/C=C\CCCCC. The molecule has 0 aliphatic heterocycles. The minimum atomic E-state index is -4.59. The molecule has 0 aromatic rings. The number of carbonyl (C=O) groups excluding carboxylic acids is 1. The number of amides is 1. The summed E-state index contributed by atoms with van der Waals surface area (Å²) in [5, 5.41) is 13.6. The number of aliphatic hydroxyl groups excluding tert-OH is 1. The molecule has 0 aromatic carbocycles. The fourth-order valence-electron chi connectivity index (χ4n) is 4.51. The molecule has 0 aromatic heterocycles. The molecular weight excluding hydrogens is 611 g/mol. The number of phosphoric acid groups is 1. The molecule has 0 saturated carbocycles. The van der Waals surface area contributed by atoms with Gasteiger partial charge in [0, 0.05) is 6.42 Å². The molecule has 0 aliphatic rings. The van der Waals surface area contributed by atoms with Gasteiger partial charge in [0.1, 0.15) is 13.2 Å². The molecule has 272 valence electrons. The summed E-state index contributed by atoms with van der Waals surface area (Å²) in [4.78, 5) is 25.1. The van der Waals surface area contributed by atoms with E-state index in [0.29, 0.717) is 17.4 Å². The molecule has 1 amide bonds. The Hall–Kier alpha value is -1.80. The first-order valence-corrected chi connectivity index (χ1v) is 19.6. The summed E-state index contributed by atoms with van der Waals surface area (Å²) in [6, 6.07) is -0.915. The fourth-order valence-corrected chi connectivity index (χ4v) is 5.23. The van der Waals surface area contributed by atoms with Crippen LogP contribution in [0.3, 0.4) is 0 Å². The minimum Gasteiger partial charge on any atom is -0.756 e. The number of quaternary nitrogens is 1. The minimum absolute atomic E-state index is 0.0149. The fraction of sp³-hybridized carbons (Fsp3) is 0.711. The lowest BCUT2D eigenvalue weighted by Gasteiger charge is -2.29. The molecule has 9 heteroatoms. The molecule has 47 heavy (non-hydrogen) atoms. The molecule has 0 aliphatic carbocycles. The molecule has 2 N–H and O–H groups in total. The van der Waals surface area contributed by atoms with Crippen LogP contribution in [0.1, 0.15) is 123 Å². The number of allylic oxidation sites excluding steroid dienone is 9. The average Bonchev–Trinajstić information content (AvgIpc) is 3.01. The van der Waals surface area contributed by atoms with Crippen LogP contribution in [-0.2, 0) is 18.4 Å². The van der Waals surface area contributed by atoms with Crippen molar-refractivity contribution in [3.63, 3.8) is 0 Å². The number of unbranched alkanes of at least 4 members (excludes halogenated alkanes) is 10. The van der Waals surface area contributed by atoms with E-state index in [9.17, 15) is 19.4 Å². The zero-order chi connectivity index (χ0) is 35.1. The Morgan fingerprint density at radius 1 is 0.766 bits per heavy atom. The van der Waals surface area contributed by atoms with Crippen LogP contribution >= 0.6 is 7.82 Å². The average molecular weight is 681 g/mol. The normalized spacial score (nSPS) is 15.5. The number of hydrogen-bond donors (Lipinski definition) is 2. The lowest BCUT2D eigenvalue weighted by Crippen LogP contribution is -2.45. The van der Waals surface area contributed by atoms with Crippen LogP contribution in [0.15, 0.2) is 60.8 Å². The third-order valence-electron chi connectivity index (χ3n) is 7.44. The van der Waals surface area contributed by atoms with Gasteiger partial charge in [-0.3, -0.25) is 9.36 Å². The Morgan fingerprint density at radius 3 is 1.94 bits per heavy atom. The predicted octanol–water partition coefficient (Wildman–Crippen LogP) is 8.49. The highest BCUT2D eigenvalue weighted by atomic mass is 31.2. The standard InChI is InChI=1S/C38H69N2O6P/c1-6-8-10-12-14-16-18-19-20-21-22-24-26-28-30-32-38(42)39-36(35-46-47(43,44)45-34-33-40(3,4)5)37(41)31-29-27-25-23-17-15-13-11-9-7-2/h9,11,14,16-17,19-20,23,29,31,36-37,41H,6-8,10,12-13,15,18,21-22,24-28,30,32-35H2,1-5H3,(H-,39,42,43,44)/b11-9+,16-14-,20-19-,23-17+,31-29+. The van der Waals surface area contributed by atoms with Gasteiger partial charge in [-0.1, -0.05) is 107 Å². The Kier molecular flexibility index (Phi) is 29.1. The first-order chi connectivity index (χ1) is 22.5. The summed E-state index contributed by atoms with van der Waals surface area (Å²) in [6.45, 7) is 4.41. The molecule has 0 rings (SSSR count). The van der Waals surface area contributed by atoms with Crippen molar-refractivity contribution < 1.29 is 32.9 Å². The Balaban J connectivity index is 4.62. The lowest BCUT2D eigenvalue weighted by molar-refractivity contribution is -0.870. The van der Waals surface area contributed by atoms with Crippen molar-refractivity contribution in [2.24, 2.45) is 0 Å². The first kappa shape index (κ1) is 45.2. The van der Waals surface area contributed by atoms with Gasteiger partial charge >= 0.3 is 0 Å². The van der Waals surface area contributed by atoms with E-state index in [4.69, 9.17) is 9.05 Å². The lowest BCUT2D eigenvalue weighted by atomic mass is 10.1. The van der Waals surface area contributed by atoms with E-state index < -0.39 is 26.6 Å². The monoisotopic (exact) mass is 680 g/mol. The van der Waals surface area contributed by atoms with Crippen LogP contribution in [-0.4, -0.2) is 68.5 Å². The molecule has 0 saturated heterocycles. The van der Waals surface area contributed by atoms with E-state index in [2.05, 4.69) is 67.8 Å². The number of nitrogens with zero attached hydrogens (tertiary/aromatic N) is 1. The topological polar surface area (TPSA) is 108 Å². The summed E-state index contributed by atoms with van der Waals surface area (Å²) in [6.07, 6.45) is 37.0. The molecule has 0 heterocycles. The van der Waals surface area contributed by atoms with Gasteiger partial charge < -0.3 is 28.8 Å². The molecular formula is C38H69N2O6P. The highest BCUT2D eigenvalue weighted by Gasteiger charge is 2.23. The van der Waals surface area contributed by atoms with Gasteiger partial charge in [-0.05, 0) is 70.6 Å². The number of rotatable bonds is 31. The van der Waals surface area contributed by atoms with Crippen molar-refractivity contribution in [3.05, 3.63) is 60.8 Å². The summed E-state index contributed by atoms with van der Waals surface area (Å²) in [5.41, 5.74) is 0. The number of carbonyl (C=O) groups is 1. The van der Waals surface area contributed by atoms with E-state index in [1.165, 1.54) is 25.7 Å². The van der Waals surface area contributed by atoms with E-state index in [0.717, 1.165) is 77.0 Å². The maximum atomic E-state index is 12.7. The summed E-state index contributed by atoms with van der Waals surface area (Å²) >= 11 is 0. The van der Waals surface area contributed by atoms with Gasteiger partial charge in [0.05, 0.1) is 39.9 Å². The number of hydrogen-bond acceptors (Lipinski definition) is 6. The Labute approximate surface area is 288 Å². The number of nitrogens with one attached hydrogen (secondary N) is 1. The van der Waals surface area contributed by atoms with Gasteiger partial charge in [0.2, 0.25) is 5.91 Å². The smallest absolute Gasteiger partial charge is 0.268 e. The molecule has 0 bridgehead atoms. The second kappa shape index (κ2) is 30.3. The van der Waals surface area contributed by atoms with Gasteiger partial charge in [-0.25, -0.2) is 0 Å². The van der Waals surface area contributed by atoms with Crippen molar-refractivity contribution in [2.75, 3.05) is 40.9 Å². The highest BCUT2D eigenvalue weighted by Crippen LogP contribution is 2.38. The van der Waals surface area contributed by atoms with Crippen LogP contribution in [0.5, 0.6) is 0 Å². The third kappa shape index (κ3) is 32.5. The maximum Gasteiger partial charge on any atom is 0.268 e. The van der Waals surface area contributed by atoms with Gasteiger partial charge in [0.25, 0.3) is 7.82 Å². The van der Waals surface area contributed by atoms with Gasteiger partial charge in [0.15, 0.2) is 0 Å². The van der Waals surface area contributed by atoms with Gasteiger partial charge in [-0.2, -0.15) is 0 Å². The molecule has 3 unspecified atom stereocenters. The Bertz CT molecular complexity index is 954. The summed E-state index contributed by atoms with van der Waals surface area (Å²) < 4.78 is 23.0. The number of likely N-dealkylation sites (N-methyl/N-ethyl adjacent to an activating group) is 1. The first-order valence-electron chi connectivity index (χ1n) is 18.2. The molecule has 0 radical (unpaired) electrons. The van der Waals surface area contributed by atoms with E-state index >= 15 is 0 Å². The number of aliphatic hydroxyl groups is 1. The number of phosphoric ester groups is 1. The van der Waals surface area contributed by atoms with Crippen LogP contribution in [0.2, 0.25) is 0 Å². The van der Waals surface area contributed by atoms with Crippen molar-refractivity contribution >= 4 is 13.7 Å². The van der Waals surface area contributed by atoms with Crippen LogP contribution in [0.4, 0.5) is 0 Å².